The van der Waals surface area contributed by atoms with Crippen molar-refractivity contribution in [3.63, 3.8) is 0 Å². The Morgan fingerprint density at radius 2 is 1.79 bits per heavy atom. The molecule has 7 nitrogen and oxygen atoms in total. The number of anilines is 1. The van der Waals surface area contributed by atoms with Crippen LogP contribution in [0.4, 0.5) is 5.69 Å². The van der Waals surface area contributed by atoms with Gasteiger partial charge in [0.2, 0.25) is 0 Å². The van der Waals surface area contributed by atoms with Crippen LogP contribution >= 0.6 is 12.2 Å². The minimum Gasteiger partial charge on any atom is -0.495 e. The highest BCUT2D eigenvalue weighted by molar-refractivity contribution is 7.80. The molecule has 1 saturated heterocycles. The molecule has 0 unspecified atom stereocenters. The van der Waals surface area contributed by atoms with Gasteiger partial charge >= 0.3 is 5.97 Å². The van der Waals surface area contributed by atoms with E-state index in [4.69, 9.17) is 17.0 Å². The summed E-state index contributed by atoms with van der Waals surface area (Å²) in [4.78, 5) is 18.0. The van der Waals surface area contributed by atoms with E-state index in [0.29, 0.717) is 10.9 Å². The summed E-state index contributed by atoms with van der Waals surface area (Å²) >= 11 is 5.82. The minimum atomic E-state index is -0.956. The first-order valence-electron chi connectivity index (χ1n) is 10.7. The molecule has 0 saturated carbocycles. The SMILES string of the molecule is COc1ccccc1N1C(=S)N[C@H](c2ccccn2)[C@@H]1c1cccn1-c1ccc(C(=O)O)cc1. The van der Waals surface area contributed by atoms with E-state index >= 15 is 0 Å². The van der Waals surface area contributed by atoms with Crippen LogP contribution in [-0.4, -0.2) is 32.8 Å². The fourth-order valence-electron chi connectivity index (χ4n) is 4.38. The maximum Gasteiger partial charge on any atom is 0.335 e. The number of aromatic carboxylic acids is 1. The molecule has 3 heterocycles. The fraction of sp³-hybridized carbons (Fsp3) is 0.115. The van der Waals surface area contributed by atoms with E-state index in [0.717, 1.165) is 22.8 Å². The molecule has 0 bridgehead atoms. The van der Waals surface area contributed by atoms with Crippen LogP contribution in [0.3, 0.4) is 0 Å². The quantitative estimate of drug-likeness (QED) is 0.394. The molecule has 8 heteroatoms. The number of hydrogen-bond acceptors (Lipinski definition) is 4. The second-order valence-corrected chi connectivity index (χ2v) is 8.21. The number of carboxylic acid groups (broad SMARTS) is 1. The van der Waals surface area contributed by atoms with Gasteiger partial charge in [-0.2, -0.15) is 0 Å². The van der Waals surface area contributed by atoms with Crippen molar-refractivity contribution in [3.8, 4) is 11.4 Å². The predicted octanol–water partition coefficient (Wildman–Crippen LogP) is 4.76. The zero-order valence-electron chi connectivity index (χ0n) is 18.3. The molecule has 1 aliphatic rings. The fourth-order valence-corrected chi connectivity index (χ4v) is 4.72. The number of para-hydroxylation sites is 2. The summed E-state index contributed by atoms with van der Waals surface area (Å²) in [6.07, 6.45) is 3.73. The molecular weight excluding hydrogens is 448 g/mol. The highest BCUT2D eigenvalue weighted by Gasteiger charge is 2.43. The molecule has 170 valence electrons. The molecule has 4 aromatic rings. The van der Waals surface area contributed by atoms with Gasteiger partial charge in [-0.3, -0.25) is 4.98 Å². The van der Waals surface area contributed by atoms with Crippen molar-refractivity contribution in [2.45, 2.75) is 12.1 Å². The van der Waals surface area contributed by atoms with E-state index in [2.05, 4.69) is 15.2 Å². The molecule has 1 aliphatic heterocycles. The molecule has 2 aromatic heterocycles. The Labute approximate surface area is 202 Å². The van der Waals surface area contributed by atoms with Crippen LogP contribution in [0.1, 0.15) is 33.8 Å². The third-order valence-corrected chi connectivity index (χ3v) is 6.23. The van der Waals surface area contributed by atoms with Gasteiger partial charge in [0.25, 0.3) is 0 Å². The van der Waals surface area contributed by atoms with E-state index in [1.54, 1.807) is 37.6 Å². The molecule has 1 fully saturated rings. The largest absolute Gasteiger partial charge is 0.495 e. The zero-order valence-corrected chi connectivity index (χ0v) is 19.1. The Bertz CT molecular complexity index is 1340. The Hall–Kier alpha value is -4.17. The van der Waals surface area contributed by atoms with E-state index in [-0.39, 0.29) is 17.6 Å². The number of methoxy groups -OCH3 is 1. The van der Waals surface area contributed by atoms with E-state index < -0.39 is 5.97 Å². The Kier molecular flexibility index (Phi) is 5.73. The van der Waals surface area contributed by atoms with Crippen molar-refractivity contribution in [2.75, 3.05) is 12.0 Å². The molecule has 2 aromatic carbocycles. The molecular formula is C26H22N4O3S. The Morgan fingerprint density at radius 1 is 1.03 bits per heavy atom. The number of rotatable bonds is 6. The van der Waals surface area contributed by atoms with Gasteiger partial charge in [-0.25, -0.2) is 4.79 Å². The number of pyridine rings is 1. The number of nitrogens with one attached hydrogen (secondary N) is 1. The standard InChI is InChI=1S/C26H22N4O3S/c1-33-22-10-3-2-8-20(22)30-24(23(28-26(30)34)19-7-4-5-15-27-19)21-9-6-16-29(21)18-13-11-17(12-14-18)25(31)32/h2-16,23-24H,1H3,(H,28,34)(H,31,32)/t23-,24+/m1/s1. The molecule has 0 aliphatic carbocycles. The van der Waals surface area contributed by atoms with Crippen LogP contribution < -0.4 is 15.0 Å². The van der Waals surface area contributed by atoms with Crippen molar-refractivity contribution >= 4 is 29.0 Å². The molecule has 5 rings (SSSR count). The van der Waals surface area contributed by atoms with Gasteiger partial charge in [-0.1, -0.05) is 18.2 Å². The lowest BCUT2D eigenvalue weighted by Crippen LogP contribution is -2.30. The lowest BCUT2D eigenvalue weighted by molar-refractivity contribution is 0.0697. The van der Waals surface area contributed by atoms with Crippen molar-refractivity contribution in [2.24, 2.45) is 0 Å². The lowest BCUT2D eigenvalue weighted by Gasteiger charge is -2.30. The van der Waals surface area contributed by atoms with Crippen LogP contribution in [0.25, 0.3) is 5.69 Å². The number of nitrogens with zero attached hydrogens (tertiary/aromatic N) is 3. The van der Waals surface area contributed by atoms with Crippen molar-refractivity contribution in [3.05, 3.63) is 108 Å². The summed E-state index contributed by atoms with van der Waals surface area (Å²) < 4.78 is 7.70. The Morgan fingerprint density at radius 3 is 2.50 bits per heavy atom. The molecule has 34 heavy (non-hydrogen) atoms. The van der Waals surface area contributed by atoms with Crippen LogP contribution in [-0.2, 0) is 0 Å². The summed E-state index contributed by atoms with van der Waals surface area (Å²) in [5.74, 6) is -0.246. The van der Waals surface area contributed by atoms with Gasteiger partial charge in [0.1, 0.15) is 11.8 Å². The van der Waals surface area contributed by atoms with Crippen molar-refractivity contribution in [1.29, 1.82) is 0 Å². The highest BCUT2D eigenvalue weighted by Crippen LogP contribution is 2.44. The summed E-state index contributed by atoms with van der Waals surface area (Å²) in [6, 6.07) is 24.0. The Balaban J connectivity index is 1.66. The van der Waals surface area contributed by atoms with E-state index in [1.165, 1.54) is 0 Å². The third kappa shape index (κ3) is 3.78. The maximum atomic E-state index is 11.3. The lowest BCUT2D eigenvalue weighted by atomic mass is 10.0. The first-order chi connectivity index (χ1) is 16.6. The number of ether oxygens (including phenoxy) is 1. The summed E-state index contributed by atoms with van der Waals surface area (Å²) in [5.41, 5.74) is 3.77. The topological polar surface area (TPSA) is 79.6 Å². The van der Waals surface area contributed by atoms with Gasteiger partial charge in [0, 0.05) is 23.8 Å². The van der Waals surface area contributed by atoms with Gasteiger partial charge in [0.05, 0.1) is 30.1 Å². The minimum absolute atomic E-state index is 0.217. The molecule has 0 spiro atoms. The number of carbonyl (C=O) groups is 1. The average molecular weight is 471 g/mol. The number of hydrogen-bond donors (Lipinski definition) is 2. The summed E-state index contributed by atoms with van der Waals surface area (Å²) in [6.45, 7) is 0. The van der Waals surface area contributed by atoms with Gasteiger partial charge in [-0.15, -0.1) is 0 Å². The first kappa shape index (κ1) is 21.7. The highest BCUT2D eigenvalue weighted by atomic mass is 32.1. The molecule has 0 radical (unpaired) electrons. The van der Waals surface area contributed by atoms with Crippen molar-refractivity contribution in [1.82, 2.24) is 14.9 Å². The van der Waals surface area contributed by atoms with E-state index in [9.17, 15) is 9.90 Å². The average Bonchev–Trinajstić information content (AvgIpc) is 3.48. The second kappa shape index (κ2) is 8.99. The third-order valence-electron chi connectivity index (χ3n) is 5.92. The predicted molar refractivity (Wildman–Crippen MR) is 134 cm³/mol. The van der Waals surface area contributed by atoms with Crippen LogP contribution in [0.5, 0.6) is 5.75 Å². The van der Waals surface area contributed by atoms with Crippen LogP contribution in [0, 0.1) is 0 Å². The maximum absolute atomic E-state index is 11.3. The monoisotopic (exact) mass is 470 g/mol. The summed E-state index contributed by atoms with van der Waals surface area (Å²) in [7, 11) is 1.64. The van der Waals surface area contributed by atoms with Gasteiger partial charge in [0.15, 0.2) is 5.11 Å². The number of benzene rings is 2. The molecule has 2 atom stereocenters. The smallest absolute Gasteiger partial charge is 0.335 e. The number of carboxylic acids is 1. The normalized spacial score (nSPS) is 17.4. The zero-order chi connectivity index (χ0) is 23.7. The van der Waals surface area contributed by atoms with Crippen LogP contribution in [0.2, 0.25) is 0 Å². The van der Waals surface area contributed by atoms with Gasteiger partial charge < -0.3 is 24.6 Å². The first-order valence-corrected chi connectivity index (χ1v) is 11.1. The molecule has 0 amide bonds. The van der Waals surface area contributed by atoms with Crippen LogP contribution in [0.15, 0.2) is 91.3 Å². The number of aromatic nitrogens is 2. The van der Waals surface area contributed by atoms with E-state index in [1.807, 2.05) is 65.4 Å². The van der Waals surface area contributed by atoms with Gasteiger partial charge in [-0.05, 0) is 72.9 Å². The number of thiocarbonyl (C=S) groups is 1. The summed E-state index contributed by atoms with van der Waals surface area (Å²) in [5, 5.41) is 13.3. The second-order valence-electron chi connectivity index (χ2n) is 7.82. The molecule has 2 N–H and O–H groups in total. The van der Waals surface area contributed by atoms with Crippen molar-refractivity contribution < 1.29 is 14.6 Å².